The molecule has 0 aromatic heterocycles. The zero-order valence-corrected chi connectivity index (χ0v) is 14.3. The summed E-state index contributed by atoms with van der Waals surface area (Å²) in [6.07, 6.45) is 0. The second-order valence-electron chi connectivity index (χ2n) is 5.81. The summed E-state index contributed by atoms with van der Waals surface area (Å²) in [5, 5.41) is 38.3. The van der Waals surface area contributed by atoms with Gasteiger partial charge in [0, 0.05) is 0 Å². The first-order valence-electron chi connectivity index (χ1n) is 8.17. The molecule has 0 saturated heterocycles. The molecule has 27 heavy (non-hydrogen) atoms. The molecular formula is C22H18O5. The van der Waals surface area contributed by atoms with Crippen LogP contribution in [0, 0.1) is 0 Å². The van der Waals surface area contributed by atoms with Crippen LogP contribution in [-0.2, 0) is 0 Å². The van der Waals surface area contributed by atoms with E-state index in [1.165, 1.54) is 0 Å². The largest absolute Gasteiger partial charge is 0.508 e. The summed E-state index contributed by atoms with van der Waals surface area (Å²) in [4.78, 5) is 0. The molecule has 0 atom stereocenters. The lowest BCUT2D eigenvalue weighted by Crippen LogP contribution is -1.82. The fourth-order valence-corrected chi connectivity index (χ4v) is 2.38. The van der Waals surface area contributed by atoms with Gasteiger partial charge in [-0.25, -0.2) is 0 Å². The molecule has 0 saturated carbocycles. The van der Waals surface area contributed by atoms with E-state index >= 15 is 0 Å². The van der Waals surface area contributed by atoms with Gasteiger partial charge in [-0.1, -0.05) is 12.1 Å². The van der Waals surface area contributed by atoms with Gasteiger partial charge in [-0.15, -0.1) is 0 Å². The van der Waals surface area contributed by atoms with Gasteiger partial charge in [-0.3, -0.25) is 0 Å². The lowest BCUT2D eigenvalue weighted by molar-refractivity contribution is 0.459. The van der Waals surface area contributed by atoms with Crippen molar-refractivity contribution in [1.29, 1.82) is 0 Å². The summed E-state index contributed by atoms with van der Waals surface area (Å²) in [5.74, 6) is 2.17. The Balaban J connectivity index is 0.000000159. The Kier molecular flexibility index (Phi) is 5.33. The van der Waals surface area contributed by atoms with Crippen molar-refractivity contribution < 1.29 is 25.2 Å². The fraction of sp³-hybridized carbons (Fsp3) is 0. The maximum atomic E-state index is 9.14. The van der Waals surface area contributed by atoms with Crippen molar-refractivity contribution in [2.24, 2.45) is 0 Å². The molecule has 0 aliphatic heterocycles. The summed E-state index contributed by atoms with van der Waals surface area (Å²) in [7, 11) is 0. The fourth-order valence-electron chi connectivity index (χ4n) is 2.38. The Morgan fingerprint density at radius 1 is 0.407 bits per heavy atom. The van der Waals surface area contributed by atoms with Crippen LogP contribution in [0.4, 0.5) is 0 Å². The SMILES string of the molecule is Oc1ccc(Oc2ccc(O)cc2)cc1.Oc1ccc2cc(O)ccc2c1. The molecule has 4 N–H and O–H groups in total. The van der Waals surface area contributed by atoms with Gasteiger partial charge in [0.05, 0.1) is 0 Å². The first kappa shape index (κ1) is 17.9. The van der Waals surface area contributed by atoms with E-state index in [0.29, 0.717) is 11.5 Å². The molecule has 0 fully saturated rings. The average Bonchev–Trinajstić information content (AvgIpc) is 2.66. The first-order valence-corrected chi connectivity index (χ1v) is 8.17. The highest BCUT2D eigenvalue weighted by atomic mass is 16.5. The minimum absolute atomic E-state index is 0.202. The highest BCUT2D eigenvalue weighted by molar-refractivity contribution is 5.84. The lowest BCUT2D eigenvalue weighted by Gasteiger charge is -2.05. The number of aromatic hydroxyl groups is 4. The first-order chi connectivity index (χ1) is 13.0. The van der Waals surface area contributed by atoms with Gasteiger partial charge < -0.3 is 25.2 Å². The minimum atomic E-state index is 0.202. The summed E-state index contributed by atoms with van der Waals surface area (Å²) >= 11 is 0. The van der Waals surface area contributed by atoms with Crippen LogP contribution in [0.1, 0.15) is 0 Å². The van der Waals surface area contributed by atoms with Gasteiger partial charge in [0.25, 0.3) is 0 Å². The highest BCUT2D eigenvalue weighted by Crippen LogP contribution is 2.25. The van der Waals surface area contributed by atoms with Gasteiger partial charge in [0.1, 0.15) is 34.5 Å². The van der Waals surface area contributed by atoms with E-state index in [0.717, 1.165) is 10.8 Å². The van der Waals surface area contributed by atoms with E-state index in [-0.39, 0.29) is 23.0 Å². The second-order valence-corrected chi connectivity index (χ2v) is 5.81. The molecule has 0 unspecified atom stereocenters. The monoisotopic (exact) mass is 362 g/mol. The predicted molar refractivity (Wildman–Crippen MR) is 104 cm³/mol. The van der Waals surface area contributed by atoms with E-state index in [2.05, 4.69) is 0 Å². The van der Waals surface area contributed by atoms with Crippen molar-refractivity contribution in [1.82, 2.24) is 0 Å². The van der Waals surface area contributed by atoms with Crippen molar-refractivity contribution in [2.75, 3.05) is 0 Å². The van der Waals surface area contributed by atoms with E-state index in [4.69, 9.17) is 25.2 Å². The average molecular weight is 362 g/mol. The lowest BCUT2D eigenvalue weighted by atomic mass is 10.1. The topological polar surface area (TPSA) is 90.2 Å². The van der Waals surface area contributed by atoms with E-state index in [1.54, 1.807) is 84.9 Å². The molecule has 0 bridgehead atoms. The van der Waals surface area contributed by atoms with Crippen LogP contribution in [0.25, 0.3) is 10.8 Å². The van der Waals surface area contributed by atoms with Crippen LogP contribution < -0.4 is 4.74 Å². The number of ether oxygens (including phenoxy) is 1. The van der Waals surface area contributed by atoms with Crippen LogP contribution in [0.5, 0.6) is 34.5 Å². The number of benzene rings is 4. The van der Waals surface area contributed by atoms with Crippen molar-refractivity contribution in [3.63, 3.8) is 0 Å². The number of fused-ring (bicyclic) bond motifs is 1. The molecule has 5 heteroatoms. The number of phenols is 4. The molecule has 0 radical (unpaired) electrons. The normalized spacial score (nSPS) is 10.1. The second kappa shape index (κ2) is 8.01. The van der Waals surface area contributed by atoms with E-state index in [1.807, 2.05) is 0 Å². The summed E-state index contributed by atoms with van der Waals surface area (Å²) < 4.78 is 5.47. The molecule has 4 aromatic rings. The van der Waals surface area contributed by atoms with Gasteiger partial charge >= 0.3 is 0 Å². The van der Waals surface area contributed by atoms with Gasteiger partial charge in [-0.2, -0.15) is 0 Å². The third-order valence-electron chi connectivity index (χ3n) is 3.72. The van der Waals surface area contributed by atoms with Crippen LogP contribution in [0.15, 0.2) is 84.9 Å². The molecule has 4 rings (SSSR count). The van der Waals surface area contributed by atoms with Crippen molar-refractivity contribution in [2.45, 2.75) is 0 Å². The quantitative estimate of drug-likeness (QED) is 0.396. The predicted octanol–water partition coefficient (Wildman–Crippen LogP) is 5.14. The van der Waals surface area contributed by atoms with Gasteiger partial charge in [0.2, 0.25) is 0 Å². The molecule has 0 amide bonds. The number of rotatable bonds is 2. The summed E-state index contributed by atoms with van der Waals surface area (Å²) in [5.41, 5.74) is 0. The van der Waals surface area contributed by atoms with Crippen LogP contribution in [0.2, 0.25) is 0 Å². The maximum Gasteiger partial charge on any atom is 0.127 e. The van der Waals surface area contributed by atoms with Crippen molar-refractivity contribution >= 4 is 10.8 Å². The Bertz CT molecular complexity index is 940. The molecule has 136 valence electrons. The smallest absolute Gasteiger partial charge is 0.127 e. The highest BCUT2D eigenvalue weighted by Gasteiger charge is 1.97. The summed E-state index contributed by atoms with van der Waals surface area (Å²) in [6.45, 7) is 0. The van der Waals surface area contributed by atoms with Crippen molar-refractivity contribution in [3.8, 4) is 34.5 Å². The number of hydrogen-bond donors (Lipinski definition) is 4. The Hall–Kier alpha value is -3.86. The molecule has 4 aromatic carbocycles. The van der Waals surface area contributed by atoms with Gasteiger partial charge in [-0.05, 0) is 83.6 Å². The van der Waals surface area contributed by atoms with E-state index < -0.39 is 0 Å². The minimum Gasteiger partial charge on any atom is -0.508 e. The zero-order valence-electron chi connectivity index (χ0n) is 14.3. The standard InChI is InChI=1S/C12H10O3.C10H8O2/c13-9-1-5-11(6-2-9)15-12-7-3-10(14)4-8-12;11-9-3-1-7-5-10(12)4-2-8(7)6-9/h1-8,13-14H;1-6,11-12H. The molecule has 0 aliphatic rings. The molecule has 5 nitrogen and oxygen atoms in total. The Morgan fingerprint density at radius 2 is 0.741 bits per heavy atom. The third-order valence-corrected chi connectivity index (χ3v) is 3.72. The van der Waals surface area contributed by atoms with Crippen LogP contribution >= 0.6 is 0 Å². The van der Waals surface area contributed by atoms with Gasteiger partial charge in [0.15, 0.2) is 0 Å². The molecule has 0 spiro atoms. The van der Waals surface area contributed by atoms with Crippen LogP contribution in [0.3, 0.4) is 0 Å². The molecular weight excluding hydrogens is 344 g/mol. The Labute approximate surface area is 156 Å². The third kappa shape index (κ3) is 5.06. The number of phenolic OH excluding ortho intramolecular Hbond substituents is 4. The van der Waals surface area contributed by atoms with Crippen molar-refractivity contribution in [3.05, 3.63) is 84.9 Å². The number of hydrogen-bond acceptors (Lipinski definition) is 5. The maximum absolute atomic E-state index is 9.14. The molecule has 0 aliphatic carbocycles. The zero-order chi connectivity index (χ0) is 19.2. The summed E-state index contributed by atoms with van der Waals surface area (Å²) in [6, 6.07) is 22.9. The van der Waals surface area contributed by atoms with Crippen LogP contribution in [-0.4, -0.2) is 20.4 Å². The Morgan fingerprint density at radius 3 is 1.11 bits per heavy atom. The van der Waals surface area contributed by atoms with E-state index in [9.17, 15) is 0 Å². The molecule has 0 heterocycles.